The van der Waals surface area contributed by atoms with E-state index in [0.29, 0.717) is 10.5 Å². The predicted molar refractivity (Wildman–Crippen MR) is 67.1 cm³/mol. The smallest absolute Gasteiger partial charge is 0.393 e. The molecule has 19 heavy (non-hydrogen) atoms. The summed E-state index contributed by atoms with van der Waals surface area (Å²) < 4.78 is 37.4. The van der Waals surface area contributed by atoms with Gasteiger partial charge >= 0.3 is 12.1 Å². The number of thiocarbonyl (C=S) groups is 1. The molecule has 2 N–H and O–H groups in total. The van der Waals surface area contributed by atoms with Gasteiger partial charge in [0.25, 0.3) is 0 Å². The summed E-state index contributed by atoms with van der Waals surface area (Å²) in [5, 5.41) is 0. The first-order chi connectivity index (χ1) is 8.80. The third-order valence-electron chi connectivity index (χ3n) is 2.28. The predicted octanol–water partition coefficient (Wildman–Crippen LogP) is 1.65. The van der Waals surface area contributed by atoms with Crippen LogP contribution in [0.1, 0.15) is 12.0 Å². The van der Waals surface area contributed by atoms with Crippen molar-refractivity contribution in [2.24, 2.45) is 5.73 Å². The van der Waals surface area contributed by atoms with Gasteiger partial charge in [0.15, 0.2) is 0 Å². The Kier molecular flexibility index (Phi) is 5.22. The van der Waals surface area contributed by atoms with Crippen LogP contribution in [0, 0.1) is 0 Å². The maximum absolute atomic E-state index is 12.5. The largest absolute Gasteiger partial charge is 0.471 e. The second-order valence-corrected chi connectivity index (χ2v) is 4.32. The number of pyridine rings is 1. The van der Waals surface area contributed by atoms with Crippen LogP contribution in [0.3, 0.4) is 0 Å². The highest BCUT2D eigenvalue weighted by molar-refractivity contribution is 7.80. The van der Waals surface area contributed by atoms with Crippen molar-refractivity contribution in [2.75, 3.05) is 6.54 Å². The van der Waals surface area contributed by atoms with E-state index >= 15 is 0 Å². The van der Waals surface area contributed by atoms with Crippen LogP contribution in [0.25, 0.3) is 0 Å². The molecule has 1 aromatic rings. The van der Waals surface area contributed by atoms with E-state index in [0.717, 1.165) is 0 Å². The summed E-state index contributed by atoms with van der Waals surface area (Å²) in [7, 11) is 0. The second-order valence-electron chi connectivity index (χ2n) is 3.80. The summed E-state index contributed by atoms with van der Waals surface area (Å²) in [4.78, 5) is 15.8. The Labute approximate surface area is 113 Å². The Balaban J connectivity index is 2.80. The summed E-state index contributed by atoms with van der Waals surface area (Å²) in [6.07, 6.45) is -1.98. The number of hydrogen-bond donors (Lipinski definition) is 1. The van der Waals surface area contributed by atoms with Crippen LogP contribution in [-0.2, 0) is 11.3 Å². The zero-order valence-corrected chi connectivity index (χ0v) is 10.7. The van der Waals surface area contributed by atoms with E-state index in [1.165, 1.54) is 24.5 Å². The molecule has 1 amide bonds. The van der Waals surface area contributed by atoms with E-state index in [4.69, 9.17) is 5.73 Å². The topological polar surface area (TPSA) is 59.2 Å². The van der Waals surface area contributed by atoms with Crippen molar-refractivity contribution in [3.05, 3.63) is 30.1 Å². The molecule has 0 atom stereocenters. The van der Waals surface area contributed by atoms with Crippen molar-refractivity contribution >= 4 is 23.1 Å². The van der Waals surface area contributed by atoms with Crippen LogP contribution in [0.15, 0.2) is 24.5 Å². The van der Waals surface area contributed by atoms with Crippen LogP contribution in [-0.4, -0.2) is 33.5 Å². The van der Waals surface area contributed by atoms with Gasteiger partial charge in [0.05, 0.1) is 4.99 Å². The van der Waals surface area contributed by atoms with Crippen molar-refractivity contribution in [1.29, 1.82) is 0 Å². The van der Waals surface area contributed by atoms with E-state index in [1.54, 1.807) is 0 Å². The molecule has 0 saturated carbocycles. The Morgan fingerprint density at radius 3 is 2.42 bits per heavy atom. The molecule has 1 heterocycles. The number of halogens is 3. The van der Waals surface area contributed by atoms with Gasteiger partial charge in [-0.2, -0.15) is 13.2 Å². The minimum absolute atomic E-state index is 0.0439. The maximum Gasteiger partial charge on any atom is 0.471 e. The standard InChI is InChI=1S/C11H12F3N3OS/c12-11(13,14)10(18)17(6-3-9(15)19)7-8-1-4-16-5-2-8/h1-2,4-5H,3,6-7H2,(H2,15,19). The van der Waals surface area contributed by atoms with E-state index in [2.05, 4.69) is 17.2 Å². The Morgan fingerprint density at radius 2 is 1.95 bits per heavy atom. The van der Waals surface area contributed by atoms with Gasteiger partial charge < -0.3 is 10.6 Å². The van der Waals surface area contributed by atoms with Crippen LogP contribution >= 0.6 is 12.2 Å². The molecule has 1 rings (SSSR count). The first-order valence-electron chi connectivity index (χ1n) is 5.34. The first kappa shape index (κ1) is 15.4. The molecule has 0 radical (unpaired) electrons. The van der Waals surface area contributed by atoms with E-state index < -0.39 is 12.1 Å². The minimum atomic E-state index is -4.91. The molecule has 1 aromatic heterocycles. The lowest BCUT2D eigenvalue weighted by Gasteiger charge is -2.23. The average Bonchev–Trinajstić information content (AvgIpc) is 2.33. The fourth-order valence-corrected chi connectivity index (χ4v) is 1.48. The molecular weight excluding hydrogens is 279 g/mol. The number of nitrogens with zero attached hydrogens (tertiary/aromatic N) is 2. The fraction of sp³-hybridized carbons (Fsp3) is 0.364. The summed E-state index contributed by atoms with van der Waals surface area (Å²) in [6, 6.07) is 3.08. The molecule has 0 spiro atoms. The molecule has 0 aliphatic heterocycles. The van der Waals surface area contributed by atoms with Gasteiger partial charge in [-0.15, -0.1) is 0 Å². The quantitative estimate of drug-likeness (QED) is 0.838. The SMILES string of the molecule is NC(=S)CCN(Cc1ccncc1)C(=O)C(F)(F)F. The van der Waals surface area contributed by atoms with Gasteiger partial charge in [0, 0.05) is 31.9 Å². The Morgan fingerprint density at radius 1 is 1.37 bits per heavy atom. The summed E-state index contributed by atoms with van der Waals surface area (Å²) in [5.41, 5.74) is 5.80. The number of carbonyl (C=O) groups excluding carboxylic acids is 1. The van der Waals surface area contributed by atoms with Gasteiger partial charge in [-0.3, -0.25) is 9.78 Å². The third kappa shape index (κ3) is 5.21. The molecule has 0 aromatic carbocycles. The number of alkyl halides is 3. The van der Waals surface area contributed by atoms with E-state index in [9.17, 15) is 18.0 Å². The molecule has 0 aliphatic rings. The highest BCUT2D eigenvalue weighted by Gasteiger charge is 2.42. The number of amides is 1. The molecule has 0 aliphatic carbocycles. The lowest BCUT2D eigenvalue weighted by molar-refractivity contribution is -0.186. The van der Waals surface area contributed by atoms with Crippen molar-refractivity contribution < 1.29 is 18.0 Å². The van der Waals surface area contributed by atoms with Crippen LogP contribution < -0.4 is 5.73 Å². The highest BCUT2D eigenvalue weighted by Crippen LogP contribution is 2.20. The van der Waals surface area contributed by atoms with Gasteiger partial charge in [0.1, 0.15) is 0 Å². The van der Waals surface area contributed by atoms with Crippen molar-refractivity contribution in [3.8, 4) is 0 Å². The van der Waals surface area contributed by atoms with Gasteiger partial charge in [0.2, 0.25) is 0 Å². The van der Waals surface area contributed by atoms with Gasteiger partial charge in [-0.25, -0.2) is 0 Å². The van der Waals surface area contributed by atoms with Gasteiger partial charge in [-0.05, 0) is 17.7 Å². The third-order valence-corrected chi connectivity index (χ3v) is 2.48. The van der Waals surface area contributed by atoms with Crippen LogP contribution in [0.5, 0.6) is 0 Å². The number of hydrogen-bond acceptors (Lipinski definition) is 3. The Hall–Kier alpha value is -1.70. The second kappa shape index (κ2) is 6.46. The average molecular weight is 291 g/mol. The number of aromatic nitrogens is 1. The number of carbonyl (C=O) groups is 1. The van der Waals surface area contributed by atoms with Crippen molar-refractivity contribution in [2.45, 2.75) is 19.1 Å². The zero-order chi connectivity index (χ0) is 14.5. The lowest BCUT2D eigenvalue weighted by Crippen LogP contribution is -2.42. The van der Waals surface area contributed by atoms with E-state index in [1.807, 2.05) is 0 Å². The number of rotatable bonds is 5. The first-order valence-corrected chi connectivity index (χ1v) is 5.75. The zero-order valence-electron chi connectivity index (χ0n) is 9.85. The van der Waals surface area contributed by atoms with Gasteiger partial charge in [-0.1, -0.05) is 12.2 Å². The summed E-state index contributed by atoms with van der Waals surface area (Å²) in [5.74, 6) is -1.90. The minimum Gasteiger partial charge on any atom is -0.393 e. The molecule has 0 saturated heterocycles. The maximum atomic E-state index is 12.5. The van der Waals surface area contributed by atoms with Crippen molar-refractivity contribution in [1.82, 2.24) is 9.88 Å². The molecule has 0 unspecified atom stereocenters. The van der Waals surface area contributed by atoms with E-state index in [-0.39, 0.29) is 24.5 Å². The molecule has 0 fully saturated rings. The number of nitrogens with two attached hydrogens (primary N) is 1. The molecule has 104 valence electrons. The monoisotopic (exact) mass is 291 g/mol. The van der Waals surface area contributed by atoms with Crippen LogP contribution in [0.2, 0.25) is 0 Å². The molecule has 0 bridgehead atoms. The Bertz CT molecular complexity index is 450. The summed E-state index contributed by atoms with van der Waals surface area (Å²) >= 11 is 4.61. The molecule has 8 heteroatoms. The molecular formula is C11H12F3N3OS. The lowest BCUT2D eigenvalue weighted by atomic mass is 10.2. The fourth-order valence-electron chi connectivity index (χ4n) is 1.39. The summed E-state index contributed by atoms with van der Waals surface area (Å²) in [6.45, 7) is -0.334. The highest BCUT2D eigenvalue weighted by atomic mass is 32.1. The normalized spacial score (nSPS) is 11.1. The van der Waals surface area contributed by atoms with Crippen LogP contribution in [0.4, 0.5) is 13.2 Å². The van der Waals surface area contributed by atoms with Crippen molar-refractivity contribution in [3.63, 3.8) is 0 Å². The molecule has 4 nitrogen and oxygen atoms in total.